The maximum atomic E-state index is 13.6. The topological polar surface area (TPSA) is 114 Å². The number of nitrogens with two attached hydrogens (primary N) is 1. The Balaban J connectivity index is 1.18. The smallest absolute Gasteiger partial charge is 0.254 e. The maximum Gasteiger partial charge on any atom is 0.254 e. The highest BCUT2D eigenvalue weighted by molar-refractivity contribution is 5.86. The van der Waals surface area contributed by atoms with Gasteiger partial charge in [0.15, 0.2) is 5.82 Å². The van der Waals surface area contributed by atoms with Crippen molar-refractivity contribution in [1.29, 1.82) is 0 Å². The minimum absolute atomic E-state index is 0.0236. The molecular weight excluding hydrogens is 480 g/mol. The average molecular weight is 514 g/mol. The van der Waals surface area contributed by atoms with E-state index >= 15 is 0 Å². The zero-order valence-corrected chi connectivity index (χ0v) is 21.0. The molecule has 0 bridgehead atoms. The van der Waals surface area contributed by atoms with E-state index in [0.717, 1.165) is 54.9 Å². The lowest BCUT2D eigenvalue weighted by molar-refractivity contribution is 0.00528. The number of likely N-dealkylation sites (tertiary alicyclic amines) is 1. The lowest BCUT2D eigenvalue weighted by Crippen LogP contribution is -2.35. The number of aliphatic hydroxyl groups is 1. The average Bonchev–Trinajstić information content (AvgIpc) is 3.21. The van der Waals surface area contributed by atoms with Crippen LogP contribution in [0.4, 0.5) is 20.5 Å². The van der Waals surface area contributed by atoms with Gasteiger partial charge in [0.25, 0.3) is 5.92 Å². The molecule has 9 nitrogen and oxygen atoms in total. The van der Waals surface area contributed by atoms with E-state index in [9.17, 15) is 13.9 Å². The summed E-state index contributed by atoms with van der Waals surface area (Å²) in [6.45, 7) is 3.58. The Bertz CT molecular complexity index is 1300. The van der Waals surface area contributed by atoms with Crippen LogP contribution in [0.2, 0.25) is 0 Å². The number of methoxy groups -OCH3 is 1. The van der Waals surface area contributed by atoms with E-state index in [0.29, 0.717) is 37.3 Å². The first-order valence-electron chi connectivity index (χ1n) is 12.9. The lowest BCUT2D eigenvalue weighted by Gasteiger charge is -2.36. The van der Waals surface area contributed by atoms with Crippen molar-refractivity contribution < 1.29 is 18.6 Å². The Hall–Kier alpha value is -3.05. The van der Waals surface area contributed by atoms with Gasteiger partial charge in [-0.05, 0) is 43.2 Å². The van der Waals surface area contributed by atoms with Gasteiger partial charge in [-0.25, -0.2) is 13.8 Å². The molecule has 3 aliphatic rings. The predicted molar refractivity (Wildman–Crippen MR) is 136 cm³/mol. The molecule has 0 radical (unpaired) electrons. The van der Waals surface area contributed by atoms with E-state index in [1.807, 2.05) is 4.68 Å². The molecule has 2 aromatic heterocycles. The molecule has 3 fully saturated rings. The number of ether oxygens (including phenoxy) is 1. The molecule has 2 saturated carbocycles. The van der Waals surface area contributed by atoms with E-state index in [1.165, 1.54) is 0 Å². The maximum absolute atomic E-state index is 13.6. The third-order valence-corrected chi connectivity index (χ3v) is 8.27. The van der Waals surface area contributed by atoms with E-state index in [4.69, 9.17) is 10.5 Å². The van der Waals surface area contributed by atoms with Crippen molar-refractivity contribution in [2.24, 2.45) is 11.3 Å². The number of alkyl halides is 2. The number of aliphatic hydroxyl groups excluding tert-OH is 1. The Morgan fingerprint density at radius 3 is 2.65 bits per heavy atom. The third-order valence-electron chi connectivity index (χ3n) is 8.27. The molecule has 37 heavy (non-hydrogen) atoms. The predicted octanol–water partition coefficient (Wildman–Crippen LogP) is 3.27. The number of fused-ring (bicyclic) bond motifs is 1. The number of nitrogens with zero attached hydrogens (tertiary/aromatic N) is 5. The van der Waals surface area contributed by atoms with Gasteiger partial charge < -0.3 is 20.9 Å². The van der Waals surface area contributed by atoms with Gasteiger partial charge >= 0.3 is 0 Å². The van der Waals surface area contributed by atoms with Crippen LogP contribution in [0.1, 0.15) is 43.2 Å². The molecule has 1 spiro atoms. The van der Waals surface area contributed by atoms with Gasteiger partial charge in [-0.15, -0.1) is 0 Å². The van der Waals surface area contributed by atoms with Gasteiger partial charge in [-0.3, -0.25) is 9.58 Å². The van der Waals surface area contributed by atoms with Crippen molar-refractivity contribution in [3.63, 3.8) is 0 Å². The largest absolute Gasteiger partial charge is 0.496 e. The molecule has 4 N–H and O–H groups in total. The molecule has 3 aromatic rings. The number of hydrogen-bond acceptors (Lipinski definition) is 8. The minimum Gasteiger partial charge on any atom is -0.496 e. The number of nitrogen functional groups attached to an aromatic ring is 1. The highest BCUT2D eigenvalue weighted by Gasteiger charge is 2.75. The summed E-state index contributed by atoms with van der Waals surface area (Å²) in [6, 6.07) is 6.21. The third kappa shape index (κ3) is 4.59. The number of piperidine rings is 1. The summed E-state index contributed by atoms with van der Waals surface area (Å²) in [5.41, 5.74) is 8.65. The molecule has 0 unspecified atom stereocenters. The van der Waals surface area contributed by atoms with E-state index in [1.54, 1.807) is 13.3 Å². The molecule has 11 heteroatoms. The molecule has 0 amide bonds. The van der Waals surface area contributed by atoms with Crippen molar-refractivity contribution in [3.8, 4) is 5.75 Å². The zero-order chi connectivity index (χ0) is 25.8. The van der Waals surface area contributed by atoms with Crippen LogP contribution in [0.3, 0.4) is 0 Å². The second-order valence-electron chi connectivity index (χ2n) is 10.9. The molecule has 6 rings (SSSR count). The van der Waals surface area contributed by atoms with Gasteiger partial charge in [0.1, 0.15) is 16.8 Å². The fourth-order valence-electron chi connectivity index (χ4n) is 6.03. The van der Waals surface area contributed by atoms with Crippen LogP contribution >= 0.6 is 0 Å². The molecule has 1 aliphatic heterocycles. The van der Waals surface area contributed by atoms with Crippen molar-refractivity contribution in [2.75, 3.05) is 37.8 Å². The summed E-state index contributed by atoms with van der Waals surface area (Å²) < 4.78 is 34.7. The quantitative estimate of drug-likeness (QED) is 0.421. The fourth-order valence-corrected chi connectivity index (χ4v) is 6.03. The Kier molecular flexibility index (Phi) is 5.95. The number of anilines is 2. The van der Waals surface area contributed by atoms with Crippen molar-refractivity contribution in [2.45, 2.75) is 57.2 Å². The first-order valence-corrected chi connectivity index (χ1v) is 12.9. The number of hydrogen-bond donors (Lipinski definition) is 3. The molecule has 3 heterocycles. The number of benzene rings is 1. The molecule has 1 saturated heterocycles. The van der Waals surface area contributed by atoms with Crippen LogP contribution < -0.4 is 15.8 Å². The standard InChI is InChI=1S/C26H33F2N7O2/c1-37-21-8-16(13-34-6-4-19(36)5-7-34)2-3-18(21)14-35-22-20(12-31-35)32-24(29)33-23(22)30-11-17-9-25(10-17)15-26(25,27)28/h2-3,8,12,17,19,36H,4-7,9-11,13-15H2,1H3,(H3,29,30,32,33). The second kappa shape index (κ2) is 9.05. The normalized spacial score (nSPS) is 25.4. The van der Waals surface area contributed by atoms with Crippen molar-refractivity contribution in [3.05, 3.63) is 35.5 Å². The summed E-state index contributed by atoms with van der Waals surface area (Å²) in [4.78, 5) is 11.1. The van der Waals surface area contributed by atoms with Crippen LogP contribution in [0.5, 0.6) is 5.75 Å². The molecule has 1 aromatic carbocycles. The number of rotatable bonds is 8. The monoisotopic (exact) mass is 513 g/mol. The summed E-state index contributed by atoms with van der Waals surface area (Å²) in [5, 5.41) is 17.6. The zero-order valence-electron chi connectivity index (χ0n) is 21.0. The van der Waals surface area contributed by atoms with Gasteiger partial charge in [-0.1, -0.05) is 12.1 Å². The van der Waals surface area contributed by atoms with Crippen molar-refractivity contribution >= 4 is 22.8 Å². The van der Waals surface area contributed by atoms with Gasteiger partial charge in [0.05, 0.1) is 26.0 Å². The molecule has 0 atom stereocenters. The van der Waals surface area contributed by atoms with Crippen LogP contribution in [0.15, 0.2) is 24.4 Å². The van der Waals surface area contributed by atoms with Gasteiger partial charge in [0, 0.05) is 43.6 Å². The van der Waals surface area contributed by atoms with E-state index in [2.05, 4.69) is 43.5 Å². The van der Waals surface area contributed by atoms with Gasteiger partial charge in [0.2, 0.25) is 5.95 Å². The Morgan fingerprint density at radius 1 is 1.19 bits per heavy atom. The number of aromatic nitrogens is 4. The van der Waals surface area contributed by atoms with Gasteiger partial charge in [-0.2, -0.15) is 10.1 Å². The number of nitrogens with one attached hydrogen (secondary N) is 1. The van der Waals surface area contributed by atoms with Crippen molar-refractivity contribution in [1.82, 2.24) is 24.6 Å². The minimum atomic E-state index is -2.49. The van der Waals surface area contributed by atoms with Crippen LogP contribution in [0, 0.1) is 11.3 Å². The Labute approximate surface area is 214 Å². The molecule has 2 aliphatic carbocycles. The highest BCUT2D eigenvalue weighted by Crippen LogP contribution is 2.72. The summed E-state index contributed by atoms with van der Waals surface area (Å²) >= 11 is 0. The summed E-state index contributed by atoms with van der Waals surface area (Å²) in [6.07, 6.45) is 4.18. The highest BCUT2D eigenvalue weighted by atomic mass is 19.3. The molecule has 198 valence electrons. The summed E-state index contributed by atoms with van der Waals surface area (Å²) in [5.74, 6) is -0.826. The molecular formula is C26H33F2N7O2. The summed E-state index contributed by atoms with van der Waals surface area (Å²) in [7, 11) is 1.66. The van der Waals surface area contributed by atoms with E-state index in [-0.39, 0.29) is 24.4 Å². The van der Waals surface area contributed by atoms with E-state index < -0.39 is 11.3 Å². The fraction of sp³-hybridized carbons (Fsp3) is 0.577. The number of halogens is 2. The SMILES string of the molecule is COc1cc(CN2CCC(O)CC2)ccc1Cn1ncc2nc(N)nc(NCC3CC4(C3)CC4(F)F)c21. The second-order valence-corrected chi connectivity index (χ2v) is 10.9. The Morgan fingerprint density at radius 2 is 1.95 bits per heavy atom. The first kappa shape index (κ1) is 24.3. The lowest BCUT2D eigenvalue weighted by atomic mass is 9.71. The van der Waals surface area contributed by atoms with Crippen LogP contribution in [0.25, 0.3) is 11.0 Å². The van der Waals surface area contributed by atoms with Crippen LogP contribution in [-0.2, 0) is 13.1 Å². The first-order chi connectivity index (χ1) is 17.7. The van der Waals surface area contributed by atoms with Crippen LogP contribution in [-0.4, -0.2) is 68.5 Å².